The molecule has 2 saturated heterocycles. The lowest BCUT2D eigenvalue weighted by Gasteiger charge is -2.33. The van der Waals surface area contributed by atoms with E-state index in [2.05, 4.69) is 0 Å². The van der Waals surface area contributed by atoms with Gasteiger partial charge in [0.1, 0.15) is 0 Å². The molecule has 1 aromatic rings. The van der Waals surface area contributed by atoms with Crippen LogP contribution >= 0.6 is 11.8 Å². The topological polar surface area (TPSA) is 110 Å². The molecular weight excluding hydrogens is 344 g/mol. The molecule has 0 unspecified atom stereocenters. The zero-order valence-electron chi connectivity index (χ0n) is 13.6. The van der Waals surface area contributed by atoms with E-state index in [9.17, 15) is 19.5 Å². The summed E-state index contributed by atoms with van der Waals surface area (Å²) < 4.78 is 5.42. The van der Waals surface area contributed by atoms with Gasteiger partial charge in [0.25, 0.3) is 5.91 Å². The number of carboxylic acid groups (broad SMARTS) is 1. The van der Waals surface area contributed by atoms with E-state index >= 15 is 0 Å². The van der Waals surface area contributed by atoms with Crippen LogP contribution in [0.15, 0.2) is 29.2 Å². The summed E-state index contributed by atoms with van der Waals surface area (Å²) in [7, 11) is 0. The number of likely N-dealkylation sites (tertiary alicyclic amines) is 1. The minimum atomic E-state index is -0.927. The Kier molecular flexibility index (Phi) is 5.01. The molecule has 7 nitrogen and oxygen atoms in total. The summed E-state index contributed by atoms with van der Waals surface area (Å²) >= 11 is 1.21. The second-order valence-electron chi connectivity index (χ2n) is 6.42. The molecule has 2 aliphatic heterocycles. The fourth-order valence-electron chi connectivity index (χ4n) is 3.54. The van der Waals surface area contributed by atoms with E-state index < -0.39 is 17.3 Å². The van der Waals surface area contributed by atoms with Crippen LogP contribution in [0, 0.1) is 11.3 Å². The third kappa shape index (κ3) is 3.36. The number of primary amides is 1. The van der Waals surface area contributed by atoms with E-state index in [0.29, 0.717) is 36.6 Å². The molecular formula is C17H20N2O5S. The number of thioether (sulfide) groups is 1. The first-order valence-corrected chi connectivity index (χ1v) is 9.03. The number of nitrogens with zero attached hydrogens (tertiary/aromatic N) is 1. The van der Waals surface area contributed by atoms with Gasteiger partial charge in [-0.15, -0.1) is 11.8 Å². The largest absolute Gasteiger partial charge is 0.481 e. The van der Waals surface area contributed by atoms with Crippen molar-refractivity contribution in [2.45, 2.75) is 11.3 Å². The van der Waals surface area contributed by atoms with Crippen LogP contribution in [0.2, 0.25) is 0 Å². The Hall–Kier alpha value is -2.06. The van der Waals surface area contributed by atoms with Gasteiger partial charge in [0.05, 0.1) is 23.3 Å². The lowest BCUT2D eigenvalue weighted by molar-refractivity contribution is -0.157. The number of nitrogens with two attached hydrogens (primary N) is 1. The number of ether oxygens (including phenoxy) is 1. The molecule has 0 spiro atoms. The molecule has 2 aliphatic rings. The highest BCUT2D eigenvalue weighted by Crippen LogP contribution is 2.43. The van der Waals surface area contributed by atoms with Gasteiger partial charge in [-0.3, -0.25) is 14.4 Å². The van der Waals surface area contributed by atoms with Crippen LogP contribution in [-0.4, -0.2) is 59.8 Å². The average molecular weight is 364 g/mol. The Morgan fingerprint density at radius 1 is 1.36 bits per heavy atom. The fraction of sp³-hybridized carbons (Fsp3) is 0.471. The Morgan fingerprint density at radius 3 is 2.80 bits per heavy atom. The van der Waals surface area contributed by atoms with E-state index in [-0.39, 0.29) is 24.1 Å². The molecule has 0 aliphatic carbocycles. The molecule has 0 radical (unpaired) electrons. The maximum absolute atomic E-state index is 13.0. The summed E-state index contributed by atoms with van der Waals surface area (Å²) in [6.07, 6.45) is 0.412. The van der Waals surface area contributed by atoms with Crippen LogP contribution in [0.3, 0.4) is 0 Å². The van der Waals surface area contributed by atoms with E-state index in [4.69, 9.17) is 10.5 Å². The second kappa shape index (κ2) is 7.05. The number of amides is 2. The number of hydrogen-bond donors (Lipinski definition) is 2. The number of benzene rings is 1. The zero-order valence-corrected chi connectivity index (χ0v) is 14.5. The first-order valence-electron chi connectivity index (χ1n) is 8.04. The number of fused-ring (bicyclic) bond motifs is 1. The highest BCUT2D eigenvalue weighted by Gasteiger charge is 2.55. The number of aliphatic carboxylic acids is 1. The van der Waals surface area contributed by atoms with Crippen LogP contribution < -0.4 is 5.73 Å². The van der Waals surface area contributed by atoms with Crippen LogP contribution in [0.4, 0.5) is 0 Å². The minimum absolute atomic E-state index is 0.0832. The van der Waals surface area contributed by atoms with Crippen molar-refractivity contribution in [3.63, 3.8) is 0 Å². The lowest BCUT2D eigenvalue weighted by atomic mass is 9.74. The summed E-state index contributed by atoms with van der Waals surface area (Å²) in [6, 6.07) is 6.99. The maximum Gasteiger partial charge on any atom is 0.311 e. The van der Waals surface area contributed by atoms with Crippen molar-refractivity contribution in [1.82, 2.24) is 4.90 Å². The molecule has 8 heteroatoms. The molecule has 2 heterocycles. The maximum atomic E-state index is 13.0. The molecule has 2 atom stereocenters. The number of carbonyl (C=O) groups is 3. The molecule has 134 valence electrons. The predicted octanol–water partition coefficient (Wildman–Crippen LogP) is 0.827. The summed E-state index contributed by atoms with van der Waals surface area (Å²) in [5.74, 6) is -1.66. The third-order valence-corrected chi connectivity index (χ3v) is 6.00. The Morgan fingerprint density at radius 2 is 2.12 bits per heavy atom. The van der Waals surface area contributed by atoms with E-state index in [1.807, 2.05) is 0 Å². The lowest BCUT2D eigenvalue weighted by Crippen LogP contribution is -2.45. The van der Waals surface area contributed by atoms with Crippen LogP contribution in [0.1, 0.15) is 16.8 Å². The van der Waals surface area contributed by atoms with Crippen molar-refractivity contribution in [1.29, 1.82) is 0 Å². The normalized spacial score (nSPS) is 25.4. The van der Waals surface area contributed by atoms with Crippen molar-refractivity contribution in [2.75, 3.05) is 32.1 Å². The van der Waals surface area contributed by atoms with Gasteiger partial charge >= 0.3 is 5.97 Å². The smallest absolute Gasteiger partial charge is 0.311 e. The molecule has 25 heavy (non-hydrogen) atoms. The number of hydrogen-bond acceptors (Lipinski definition) is 5. The summed E-state index contributed by atoms with van der Waals surface area (Å²) in [5, 5.41) is 9.72. The van der Waals surface area contributed by atoms with Gasteiger partial charge in [-0.25, -0.2) is 0 Å². The second-order valence-corrected chi connectivity index (χ2v) is 7.44. The van der Waals surface area contributed by atoms with Crippen molar-refractivity contribution in [3.8, 4) is 0 Å². The minimum Gasteiger partial charge on any atom is -0.481 e. The van der Waals surface area contributed by atoms with Gasteiger partial charge in [0, 0.05) is 30.5 Å². The Balaban J connectivity index is 1.83. The molecule has 2 amide bonds. The quantitative estimate of drug-likeness (QED) is 0.749. The first-order chi connectivity index (χ1) is 11.9. The molecule has 0 saturated carbocycles. The highest BCUT2D eigenvalue weighted by molar-refractivity contribution is 8.00. The molecule has 0 bridgehead atoms. The monoisotopic (exact) mass is 364 g/mol. The van der Waals surface area contributed by atoms with Crippen molar-refractivity contribution < 1.29 is 24.2 Å². The van der Waals surface area contributed by atoms with Gasteiger partial charge < -0.3 is 20.5 Å². The first kappa shape index (κ1) is 17.8. The third-order valence-electron chi connectivity index (χ3n) is 4.91. The molecule has 0 aromatic heterocycles. The summed E-state index contributed by atoms with van der Waals surface area (Å²) in [6.45, 7) is 1.30. The van der Waals surface area contributed by atoms with Gasteiger partial charge in [0.2, 0.25) is 5.91 Å². The highest BCUT2D eigenvalue weighted by atomic mass is 32.2. The fourth-order valence-corrected chi connectivity index (χ4v) is 4.33. The Bertz CT molecular complexity index is 710. The van der Waals surface area contributed by atoms with Crippen LogP contribution in [-0.2, 0) is 14.3 Å². The molecule has 2 fully saturated rings. The van der Waals surface area contributed by atoms with Gasteiger partial charge in [0.15, 0.2) is 0 Å². The van der Waals surface area contributed by atoms with Crippen molar-refractivity contribution in [2.24, 2.45) is 17.1 Å². The summed E-state index contributed by atoms with van der Waals surface area (Å²) in [5.41, 5.74) is 4.72. The SMILES string of the molecule is NC(=O)CSc1ccccc1C(=O)N1C[C@H]2COCC[C@@]2(C(=O)O)C1. The van der Waals surface area contributed by atoms with Crippen molar-refractivity contribution in [3.05, 3.63) is 29.8 Å². The standard InChI is InChI=1S/C17H20N2O5S/c18-14(20)9-25-13-4-2-1-3-12(13)15(21)19-7-11-8-24-6-5-17(11,10-19)16(22)23/h1-4,11H,5-10H2,(H2,18,20)(H,22,23)/t11-,17+/m0/s1. The van der Waals surface area contributed by atoms with Crippen LogP contribution in [0.5, 0.6) is 0 Å². The number of rotatable bonds is 5. The number of carbonyl (C=O) groups excluding carboxylic acids is 2. The molecule has 3 N–H and O–H groups in total. The van der Waals surface area contributed by atoms with Gasteiger partial charge in [-0.05, 0) is 18.6 Å². The predicted molar refractivity (Wildman–Crippen MR) is 91.3 cm³/mol. The van der Waals surface area contributed by atoms with Gasteiger partial charge in [-0.1, -0.05) is 12.1 Å². The van der Waals surface area contributed by atoms with Crippen LogP contribution in [0.25, 0.3) is 0 Å². The van der Waals surface area contributed by atoms with Crippen molar-refractivity contribution >= 4 is 29.5 Å². The van der Waals surface area contributed by atoms with Gasteiger partial charge in [-0.2, -0.15) is 0 Å². The Labute approximate surface area is 149 Å². The average Bonchev–Trinajstić information content (AvgIpc) is 3.00. The zero-order chi connectivity index (χ0) is 18.0. The van der Waals surface area contributed by atoms with E-state index in [1.54, 1.807) is 29.2 Å². The molecule has 3 rings (SSSR count). The number of carboxylic acids is 1. The summed E-state index contributed by atoms with van der Waals surface area (Å²) in [4.78, 5) is 38.1. The molecule has 1 aromatic carbocycles. The van der Waals surface area contributed by atoms with E-state index in [1.165, 1.54) is 11.8 Å². The van der Waals surface area contributed by atoms with E-state index in [0.717, 1.165) is 0 Å².